The zero-order valence-electron chi connectivity index (χ0n) is 19.5. The van der Waals surface area contributed by atoms with Crippen molar-refractivity contribution >= 4 is 27.8 Å². The van der Waals surface area contributed by atoms with E-state index in [9.17, 15) is 27.9 Å². The molecule has 0 radical (unpaired) electrons. The van der Waals surface area contributed by atoms with Crippen molar-refractivity contribution in [3.63, 3.8) is 0 Å². The predicted molar refractivity (Wildman–Crippen MR) is 127 cm³/mol. The lowest BCUT2D eigenvalue weighted by Gasteiger charge is -2.12. The molecule has 0 aliphatic heterocycles. The van der Waals surface area contributed by atoms with Gasteiger partial charge in [-0.2, -0.15) is 8.78 Å². The largest absolute Gasteiger partial charge is 0.491 e. The van der Waals surface area contributed by atoms with Gasteiger partial charge in [0.2, 0.25) is 0 Å². The van der Waals surface area contributed by atoms with Gasteiger partial charge in [-0.05, 0) is 29.8 Å². The van der Waals surface area contributed by atoms with E-state index in [4.69, 9.17) is 9.47 Å². The monoisotopic (exact) mass is 548 g/mol. The van der Waals surface area contributed by atoms with Gasteiger partial charge in [0, 0.05) is 18.3 Å². The Labute approximate surface area is 215 Å². The van der Waals surface area contributed by atoms with Gasteiger partial charge in [0.15, 0.2) is 16.7 Å². The fourth-order valence-electron chi connectivity index (χ4n) is 3.34. The summed E-state index contributed by atoms with van der Waals surface area (Å²) in [7, 11) is -0.430. The number of nitrogens with one attached hydrogen (secondary N) is 1. The third-order valence-electron chi connectivity index (χ3n) is 5.02. The number of carbonyl (C=O) groups excluding carboxylic acids is 1. The molecule has 0 saturated carbocycles. The minimum Gasteiger partial charge on any atom is -0.491 e. The van der Waals surface area contributed by atoms with E-state index in [0.717, 1.165) is 0 Å². The van der Waals surface area contributed by atoms with Crippen molar-refractivity contribution in [2.75, 3.05) is 7.11 Å². The molecule has 0 bridgehead atoms. The second-order valence-electron chi connectivity index (χ2n) is 7.46. The number of hydrogen-bond acceptors (Lipinski definition) is 10. The highest BCUT2D eigenvalue weighted by Gasteiger charge is 2.20. The summed E-state index contributed by atoms with van der Waals surface area (Å²) in [6.45, 7) is -3.25. The van der Waals surface area contributed by atoms with Crippen LogP contribution in [-0.4, -0.2) is 43.9 Å². The van der Waals surface area contributed by atoms with Crippen molar-refractivity contribution in [1.29, 1.82) is 0 Å². The maximum atomic E-state index is 13.0. The summed E-state index contributed by atoms with van der Waals surface area (Å²) in [6, 6.07) is 11.3. The fraction of sp³-hybridized carbons (Fsp3) is 0.174. The van der Waals surface area contributed by atoms with Gasteiger partial charge < -0.3 is 24.0 Å². The zero-order valence-corrected chi connectivity index (χ0v) is 20.3. The molecule has 1 atom stereocenters. The first-order valence-corrected chi connectivity index (χ1v) is 12.0. The molecular weight excluding hydrogens is 530 g/mol. The predicted octanol–water partition coefficient (Wildman–Crippen LogP) is 3.80. The number of H-pyrrole nitrogens is 1. The number of aromatic nitrogens is 3. The van der Waals surface area contributed by atoms with Crippen molar-refractivity contribution in [1.82, 2.24) is 15.0 Å². The number of halogens is 2. The Balaban J connectivity index is 1.48. The molecule has 15 heteroatoms. The molecule has 4 rings (SSSR count). The Morgan fingerprint density at radius 1 is 1.18 bits per heavy atom. The molecule has 4 aromatic rings. The molecule has 2 aromatic heterocycles. The highest BCUT2D eigenvalue weighted by molar-refractivity contribution is 7.84. The van der Waals surface area contributed by atoms with E-state index < -0.39 is 28.5 Å². The van der Waals surface area contributed by atoms with E-state index in [2.05, 4.69) is 24.5 Å². The van der Waals surface area contributed by atoms with E-state index in [1.54, 1.807) is 0 Å². The molecule has 198 valence electrons. The third kappa shape index (κ3) is 6.36. The summed E-state index contributed by atoms with van der Waals surface area (Å²) in [5.41, 5.74) is 1.60. The molecule has 0 spiro atoms. The Kier molecular flexibility index (Phi) is 8.06. The summed E-state index contributed by atoms with van der Waals surface area (Å²) in [5, 5.41) is 9.46. The lowest BCUT2D eigenvalue weighted by molar-refractivity contribution is -0.763. The van der Waals surface area contributed by atoms with Crippen LogP contribution in [0, 0.1) is 10.1 Å². The average molecular weight is 548 g/mol. The zero-order chi connectivity index (χ0) is 27.2. The van der Waals surface area contributed by atoms with Crippen LogP contribution in [0.3, 0.4) is 0 Å². The van der Waals surface area contributed by atoms with Crippen molar-refractivity contribution in [2.24, 2.45) is 0 Å². The summed E-state index contributed by atoms with van der Waals surface area (Å²) in [4.78, 5) is 38.5. The van der Waals surface area contributed by atoms with Crippen LogP contribution in [0.4, 0.5) is 8.78 Å². The summed E-state index contributed by atoms with van der Waals surface area (Å²) in [6.07, 6.45) is 1.35. The van der Waals surface area contributed by atoms with Crippen LogP contribution in [0.15, 0.2) is 59.9 Å². The number of esters is 1. The van der Waals surface area contributed by atoms with Crippen molar-refractivity contribution in [2.45, 2.75) is 24.1 Å². The van der Waals surface area contributed by atoms with Crippen molar-refractivity contribution in [3.8, 4) is 17.2 Å². The molecule has 0 aliphatic carbocycles. The van der Waals surface area contributed by atoms with Gasteiger partial charge in [-0.15, -0.1) is 10.1 Å². The number of methoxy groups -OCH3 is 1. The van der Waals surface area contributed by atoms with Gasteiger partial charge in [0.25, 0.3) is 5.09 Å². The Hall–Kier alpha value is -4.66. The maximum absolute atomic E-state index is 13.0. The number of carbonyl (C=O) groups is 1. The van der Waals surface area contributed by atoms with E-state index >= 15 is 0 Å². The van der Waals surface area contributed by atoms with E-state index in [1.807, 2.05) is 0 Å². The summed E-state index contributed by atoms with van der Waals surface area (Å²) >= 11 is 0. The number of pyridine rings is 1. The van der Waals surface area contributed by atoms with Gasteiger partial charge in [-0.3, -0.25) is 9.19 Å². The minimum absolute atomic E-state index is 0.0265. The first kappa shape index (κ1) is 26.4. The van der Waals surface area contributed by atoms with Crippen LogP contribution < -0.4 is 14.2 Å². The van der Waals surface area contributed by atoms with Crippen LogP contribution in [-0.2, 0) is 28.0 Å². The number of aromatic amines is 1. The van der Waals surface area contributed by atoms with Crippen LogP contribution in [0.25, 0.3) is 11.0 Å². The first-order chi connectivity index (χ1) is 18.2. The standard InChI is InChI=1S/C23H18F2N4O8S/c1-34-20-18(12-38(33)23-27-16-7-6-15(36-22(24)25)10-17(16)28-23)26-9-8-19(20)37-21(30)14-4-2-13(3-5-14)11-35-29(31)32/h2-10,22H,11-12H2,1H3,(H,27,28). The molecule has 0 fully saturated rings. The summed E-state index contributed by atoms with van der Waals surface area (Å²) < 4.78 is 53.1. The molecule has 2 aromatic carbocycles. The lowest BCUT2D eigenvalue weighted by atomic mass is 10.1. The fourth-order valence-corrected chi connectivity index (χ4v) is 4.35. The number of hydrogen-bond donors (Lipinski definition) is 1. The molecule has 38 heavy (non-hydrogen) atoms. The number of imidazole rings is 1. The summed E-state index contributed by atoms with van der Waals surface area (Å²) in [5.74, 6) is -0.874. The van der Waals surface area contributed by atoms with E-state index in [0.29, 0.717) is 16.6 Å². The van der Waals surface area contributed by atoms with Crippen LogP contribution in [0.1, 0.15) is 21.6 Å². The van der Waals surface area contributed by atoms with Crippen LogP contribution >= 0.6 is 0 Å². The average Bonchev–Trinajstić information content (AvgIpc) is 3.31. The molecule has 1 N–H and O–H groups in total. The lowest BCUT2D eigenvalue weighted by Crippen LogP contribution is -2.11. The van der Waals surface area contributed by atoms with Crippen LogP contribution in [0.2, 0.25) is 0 Å². The molecule has 1 unspecified atom stereocenters. The molecule has 0 saturated heterocycles. The van der Waals surface area contributed by atoms with Crippen molar-refractivity contribution < 1.29 is 41.9 Å². The van der Waals surface area contributed by atoms with E-state index in [-0.39, 0.29) is 46.0 Å². The minimum atomic E-state index is -2.99. The number of ether oxygens (including phenoxy) is 3. The van der Waals surface area contributed by atoms with Crippen LogP contribution in [0.5, 0.6) is 17.2 Å². The Bertz CT molecular complexity index is 1500. The number of benzene rings is 2. The van der Waals surface area contributed by atoms with Gasteiger partial charge in [0.05, 0.1) is 46.0 Å². The number of nitrogens with zero attached hydrogens (tertiary/aromatic N) is 3. The van der Waals surface area contributed by atoms with E-state index in [1.165, 1.54) is 61.8 Å². The molecule has 2 heterocycles. The molecule has 0 aliphatic rings. The molecule has 12 nitrogen and oxygen atoms in total. The smallest absolute Gasteiger partial charge is 0.387 e. The van der Waals surface area contributed by atoms with Gasteiger partial charge in [-0.1, -0.05) is 12.1 Å². The van der Waals surface area contributed by atoms with Gasteiger partial charge in [0.1, 0.15) is 12.4 Å². The highest BCUT2D eigenvalue weighted by Crippen LogP contribution is 2.32. The third-order valence-corrected chi connectivity index (χ3v) is 6.18. The normalized spacial score (nSPS) is 11.8. The topological polar surface area (TPSA) is 156 Å². The highest BCUT2D eigenvalue weighted by atomic mass is 32.2. The Morgan fingerprint density at radius 2 is 1.95 bits per heavy atom. The SMILES string of the molecule is COc1c(OC(=O)c2ccc(CO[N+](=O)[O-])cc2)ccnc1CS(=O)c1nc2ccc(OC(F)F)cc2[nH]1. The van der Waals surface area contributed by atoms with Gasteiger partial charge >= 0.3 is 12.6 Å². The number of fused-ring (bicyclic) bond motifs is 1. The molecule has 0 amide bonds. The number of alkyl halides is 2. The second kappa shape index (κ2) is 11.6. The van der Waals surface area contributed by atoms with Crippen molar-refractivity contribution in [3.05, 3.63) is 81.7 Å². The quantitative estimate of drug-likeness (QED) is 0.166. The maximum Gasteiger partial charge on any atom is 0.387 e. The number of rotatable bonds is 11. The molecular formula is C23H18F2N4O8S. The second-order valence-corrected chi connectivity index (χ2v) is 8.83. The van der Waals surface area contributed by atoms with Gasteiger partial charge in [-0.25, -0.2) is 9.78 Å². The Morgan fingerprint density at radius 3 is 2.63 bits per heavy atom. The first-order valence-electron chi connectivity index (χ1n) is 10.7.